The number of rotatable bonds is 6. The number of anilines is 3. The van der Waals surface area contributed by atoms with E-state index in [-0.39, 0.29) is 28.9 Å². The molecule has 0 spiro atoms. The van der Waals surface area contributed by atoms with Crippen LogP contribution < -0.4 is 30.4 Å². The number of hydrogen-bond acceptors (Lipinski definition) is 8. The van der Waals surface area contributed by atoms with Crippen LogP contribution in [0.2, 0.25) is 0 Å². The molecule has 0 unspecified atom stereocenters. The van der Waals surface area contributed by atoms with Gasteiger partial charge < -0.3 is 20.1 Å². The van der Waals surface area contributed by atoms with Gasteiger partial charge in [0.25, 0.3) is 11.6 Å². The minimum atomic E-state index is -0.685. The number of hydrazone groups is 1. The van der Waals surface area contributed by atoms with Crippen LogP contribution in [0.3, 0.4) is 0 Å². The maximum atomic E-state index is 12.6. The number of carbonyl (C=O) groups excluding carboxylic acids is 2. The Morgan fingerprint density at radius 2 is 1.86 bits per heavy atom. The Bertz CT molecular complexity index is 1390. The lowest BCUT2D eigenvalue weighted by Crippen LogP contribution is -2.45. The molecular formula is C24H20N6O6S. The summed E-state index contributed by atoms with van der Waals surface area (Å²) in [5.41, 5.74) is 3.78. The van der Waals surface area contributed by atoms with E-state index in [9.17, 15) is 19.7 Å². The molecule has 0 atom stereocenters. The van der Waals surface area contributed by atoms with Gasteiger partial charge in [-0.3, -0.25) is 19.8 Å². The number of methoxy groups -OCH3 is 1. The van der Waals surface area contributed by atoms with Crippen LogP contribution in [0.1, 0.15) is 5.56 Å². The number of urea groups is 1. The van der Waals surface area contributed by atoms with Crippen molar-refractivity contribution in [3.8, 4) is 11.5 Å². The van der Waals surface area contributed by atoms with Gasteiger partial charge in [-0.15, -0.1) is 0 Å². The first-order valence-corrected chi connectivity index (χ1v) is 11.1. The lowest BCUT2D eigenvalue weighted by molar-refractivity contribution is -0.385. The Morgan fingerprint density at radius 3 is 2.59 bits per heavy atom. The number of nitrogens with zero attached hydrogens (tertiary/aromatic N) is 3. The zero-order valence-corrected chi connectivity index (χ0v) is 20.2. The van der Waals surface area contributed by atoms with E-state index < -0.39 is 11.0 Å². The summed E-state index contributed by atoms with van der Waals surface area (Å²) in [5, 5.41) is 20.6. The maximum Gasteiger partial charge on any atom is 0.339 e. The number of carbonyl (C=O) groups is 2. The Morgan fingerprint density at radius 1 is 1.14 bits per heavy atom. The predicted molar refractivity (Wildman–Crippen MR) is 141 cm³/mol. The minimum absolute atomic E-state index is 0.140. The second-order valence-corrected chi connectivity index (χ2v) is 7.89. The molecule has 0 radical (unpaired) electrons. The number of amides is 3. The second-order valence-electron chi connectivity index (χ2n) is 7.50. The van der Waals surface area contributed by atoms with Gasteiger partial charge in [0, 0.05) is 23.5 Å². The molecule has 0 bridgehead atoms. The van der Waals surface area contributed by atoms with Crippen LogP contribution in [-0.2, 0) is 4.79 Å². The van der Waals surface area contributed by atoms with Crippen LogP contribution in [0.25, 0.3) is 0 Å². The molecule has 13 heteroatoms. The topological polar surface area (TPSA) is 147 Å². The van der Waals surface area contributed by atoms with E-state index in [0.717, 1.165) is 0 Å². The fraction of sp³-hybridized carbons (Fsp3) is 0.0833. The first-order valence-electron chi connectivity index (χ1n) is 10.7. The quantitative estimate of drug-likeness (QED) is 0.192. The Kier molecular flexibility index (Phi) is 7.54. The Balaban J connectivity index is 1.42. The molecule has 0 aliphatic carbocycles. The molecule has 37 heavy (non-hydrogen) atoms. The van der Waals surface area contributed by atoms with Crippen molar-refractivity contribution < 1.29 is 24.0 Å². The molecule has 3 aromatic carbocycles. The van der Waals surface area contributed by atoms with Crippen LogP contribution in [0.4, 0.5) is 27.5 Å². The summed E-state index contributed by atoms with van der Waals surface area (Å²) >= 11 is 5.46. The predicted octanol–water partition coefficient (Wildman–Crippen LogP) is 3.88. The lowest BCUT2D eigenvalue weighted by Gasteiger charge is -2.30. The molecule has 3 N–H and O–H groups in total. The third-order valence-electron chi connectivity index (χ3n) is 5.11. The number of ether oxygens (including phenoxy) is 2. The molecule has 0 saturated carbocycles. The summed E-state index contributed by atoms with van der Waals surface area (Å²) < 4.78 is 10.7. The first kappa shape index (κ1) is 25.1. The molecule has 12 nitrogen and oxygen atoms in total. The van der Waals surface area contributed by atoms with E-state index in [1.807, 2.05) is 0 Å². The van der Waals surface area contributed by atoms with Crippen molar-refractivity contribution in [3.63, 3.8) is 0 Å². The fourth-order valence-electron chi connectivity index (χ4n) is 3.39. The summed E-state index contributed by atoms with van der Waals surface area (Å²) in [5.74, 6) is 0.654. The van der Waals surface area contributed by atoms with E-state index >= 15 is 0 Å². The molecule has 3 amide bonds. The molecule has 188 valence electrons. The van der Waals surface area contributed by atoms with Gasteiger partial charge in [0.1, 0.15) is 11.5 Å². The summed E-state index contributed by atoms with van der Waals surface area (Å²) in [6.07, 6.45) is 1.17. The number of nitro groups is 1. The van der Waals surface area contributed by atoms with Gasteiger partial charge in [-0.25, -0.2) is 10.2 Å². The van der Waals surface area contributed by atoms with Crippen LogP contribution in [0, 0.1) is 10.1 Å². The number of fused-ring (bicyclic) bond motifs is 1. The summed E-state index contributed by atoms with van der Waals surface area (Å²) in [7, 11) is 1.56. The number of nitro benzene ring substituents is 1. The van der Waals surface area contributed by atoms with Gasteiger partial charge in [-0.05, 0) is 54.7 Å². The van der Waals surface area contributed by atoms with Crippen LogP contribution >= 0.6 is 12.2 Å². The van der Waals surface area contributed by atoms with Crippen molar-refractivity contribution in [2.24, 2.45) is 5.10 Å². The van der Waals surface area contributed by atoms with E-state index in [0.29, 0.717) is 28.6 Å². The highest BCUT2D eigenvalue weighted by atomic mass is 32.1. The first-order chi connectivity index (χ1) is 17.9. The largest absolute Gasteiger partial charge is 0.497 e. The molecule has 0 fully saturated rings. The number of benzene rings is 3. The van der Waals surface area contributed by atoms with Gasteiger partial charge in [-0.2, -0.15) is 5.10 Å². The number of para-hydroxylation sites is 1. The number of thiocarbonyl (C=S) groups is 1. The molecule has 4 rings (SSSR count). The lowest BCUT2D eigenvalue weighted by atomic mass is 10.2. The van der Waals surface area contributed by atoms with Crippen molar-refractivity contribution in [1.29, 1.82) is 0 Å². The highest BCUT2D eigenvalue weighted by Gasteiger charge is 2.29. The van der Waals surface area contributed by atoms with Crippen molar-refractivity contribution in [2.75, 3.05) is 29.3 Å². The summed E-state index contributed by atoms with van der Waals surface area (Å²) in [4.78, 5) is 36.7. The third-order valence-corrected chi connectivity index (χ3v) is 5.39. The molecule has 3 aromatic rings. The third kappa shape index (κ3) is 5.97. The van der Waals surface area contributed by atoms with Crippen LogP contribution in [0.5, 0.6) is 11.5 Å². The highest BCUT2D eigenvalue weighted by molar-refractivity contribution is 7.80. The van der Waals surface area contributed by atoms with Crippen molar-refractivity contribution in [1.82, 2.24) is 5.43 Å². The molecule has 1 heterocycles. The van der Waals surface area contributed by atoms with Crippen molar-refractivity contribution in [3.05, 3.63) is 82.4 Å². The number of nitrogens with one attached hydrogen (secondary N) is 3. The zero-order valence-electron chi connectivity index (χ0n) is 19.3. The van der Waals surface area contributed by atoms with Crippen LogP contribution in [0.15, 0.2) is 71.8 Å². The minimum Gasteiger partial charge on any atom is -0.497 e. The maximum absolute atomic E-state index is 12.6. The number of hydrogen-bond donors (Lipinski definition) is 3. The molecule has 1 aliphatic heterocycles. The smallest absolute Gasteiger partial charge is 0.339 e. The average Bonchev–Trinajstić information content (AvgIpc) is 2.89. The zero-order chi connectivity index (χ0) is 26.4. The monoisotopic (exact) mass is 520 g/mol. The second kappa shape index (κ2) is 11.1. The van der Waals surface area contributed by atoms with E-state index in [4.69, 9.17) is 21.7 Å². The summed E-state index contributed by atoms with van der Waals surface area (Å²) in [6.45, 7) is -0.243. The Labute approximate surface area is 216 Å². The standard InChI is InChI=1S/C24H20N6O6S/c1-35-18-9-6-16(7-10-18)27-24(37)29-20-11-8-17(12-21(20)36-14-22(29)31)26-23(32)28-25-13-15-4-2-3-5-19(15)30(33)34/h2-13H,14H2,1H3,(H,27,37)(H2,26,28,32)/b25-13+. The van der Waals surface area contributed by atoms with Gasteiger partial charge >= 0.3 is 6.03 Å². The molecular weight excluding hydrogens is 500 g/mol. The molecule has 0 aromatic heterocycles. The van der Waals surface area contributed by atoms with E-state index in [2.05, 4.69) is 21.2 Å². The highest BCUT2D eigenvalue weighted by Crippen LogP contribution is 2.35. The van der Waals surface area contributed by atoms with E-state index in [1.54, 1.807) is 49.6 Å². The Hall–Kier alpha value is -5.04. The van der Waals surface area contributed by atoms with Crippen LogP contribution in [-0.4, -0.2) is 41.9 Å². The average molecular weight is 521 g/mol. The van der Waals surface area contributed by atoms with Crippen molar-refractivity contribution in [2.45, 2.75) is 0 Å². The molecule has 1 aliphatic rings. The fourth-order valence-corrected chi connectivity index (χ4v) is 3.71. The van der Waals surface area contributed by atoms with Gasteiger partial charge in [0.2, 0.25) is 0 Å². The summed E-state index contributed by atoms with van der Waals surface area (Å²) in [6, 6.07) is 17.0. The van der Waals surface area contributed by atoms with E-state index in [1.165, 1.54) is 35.4 Å². The van der Waals surface area contributed by atoms with Gasteiger partial charge in [-0.1, -0.05) is 12.1 Å². The van der Waals surface area contributed by atoms with Gasteiger partial charge in [0.05, 0.1) is 29.5 Å². The normalized spacial score (nSPS) is 12.4. The molecule has 0 saturated heterocycles. The van der Waals surface area contributed by atoms with Crippen molar-refractivity contribution >= 4 is 58.2 Å². The SMILES string of the molecule is COc1ccc(NC(=S)N2C(=O)COc3cc(NC(=O)N/N=C/c4ccccc4[N+](=O)[O-])ccc32)cc1. The van der Waals surface area contributed by atoms with Gasteiger partial charge in [0.15, 0.2) is 11.7 Å².